The molecule has 1 saturated heterocycles. The van der Waals surface area contributed by atoms with Gasteiger partial charge >= 0.3 is 0 Å². The van der Waals surface area contributed by atoms with Crippen molar-refractivity contribution in [3.63, 3.8) is 0 Å². The third-order valence-corrected chi connectivity index (χ3v) is 4.77. The molecule has 104 valence electrons. The lowest BCUT2D eigenvalue weighted by atomic mass is 9.85. The van der Waals surface area contributed by atoms with Crippen molar-refractivity contribution in [1.82, 2.24) is 0 Å². The summed E-state index contributed by atoms with van der Waals surface area (Å²) >= 11 is 0. The van der Waals surface area contributed by atoms with Gasteiger partial charge in [-0.15, -0.1) is 0 Å². The van der Waals surface area contributed by atoms with Crippen molar-refractivity contribution in [2.45, 2.75) is 51.2 Å². The van der Waals surface area contributed by atoms with E-state index in [-0.39, 0.29) is 5.82 Å². The summed E-state index contributed by atoms with van der Waals surface area (Å²) in [6, 6.07) is 5.71. The van der Waals surface area contributed by atoms with Crippen molar-refractivity contribution in [2.24, 2.45) is 5.92 Å². The lowest BCUT2D eigenvalue weighted by molar-refractivity contribution is 0.194. The average molecular weight is 263 g/mol. The molecule has 2 nitrogen and oxygen atoms in total. The summed E-state index contributed by atoms with van der Waals surface area (Å²) in [4.78, 5) is 2.34. The summed E-state index contributed by atoms with van der Waals surface area (Å²) in [6.07, 6.45) is 5.58. The first kappa shape index (κ1) is 12.9. The Morgan fingerprint density at radius 1 is 1.26 bits per heavy atom. The van der Waals surface area contributed by atoms with Crippen LogP contribution in [0, 0.1) is 11.7 Å². The van der Waals surface area contributed by atoms with Gasteiger partial charge in [-0.2, -0.15) is 0 Å². The van der Waals surface area contributed by atoms with Crippen LogP contribution < -0.4 is 4.90 Å². The Bertz CT molecular complexity index is 460. The topological polar surface area (TPSA) is 23.5 Å². The summed E-state index contributed by atoms with van der Waals surface area (Å²) in [5.74, 6) is 0.477. The second-order valence-electron chi connectivity index (χ2n) is 5.94. The molecule has 1 saturated carbocycles. The maximum atomic E-state index is 14.0. The van der Waals surface area contributed by atoms with E-state index in [9.17, 15) is 9.50 Å². The van der Waals surface area contributed by atoms with Crippen LogP contribution in [0.25, 0.3) is 0 Å². The minimum Gasteiger partial charge on any atom is -0.389 e. The summed E-state index contributed by atoms with van der Waals surface area (Å²) in [7, 11) is 0. The Kier molecular flexibility index (Phi) is 3.48. The number of aliphatic hydroxyl groups is 1. The number of aliphatic hydroxyl groups excluding tert-OH is 1. The molecule has 3 atom stereocenters. The Morgan fingerprint density at radius 2 is 2.05 bits per heavy atom. The molecule has 2 unspecified atom stereocenters. The van der Waals surface area contributed by atoms with Gasteiger partial charge in [0.1, 0.15) is 5.82 Å². The molecule has 0 radical (unpaired) electrons. The third-order valence-electron chi connectivity index (χ3n) is 4.77. The fourth-order valence-corrected chi connectivity index (χ4v) is 3.89. The number of nitrogens with zero attached hydrogens (tertiary/aromatic N) is 1. The minimum absolute atomic E-state index is 0.285. The monoisotopic (exact) mass is 263 g/mol. The number of fused-ring (bicyclic) bond motifs is 1. The zero-order valence-electron chi connectivity index (χ0n) is 11.5. The summed E-state index contributed by atoms with van der Waals surface area (Å²) in [5, 5.41) is 9.88. The molecule has 3 rings (SSSR count). The molecule has 1 heterocycles. The second-order valence-corrected chi connectivity index (χ2v) is 5.94. The average Bonchev–Trinajstić information content (AvgIpc) is 2.81. The summed E-state index contributed by atoms with van der Waals surface area (Å²) in [5.41, 5.74) is 1.37. The zero-order valence-corrected chi connectivity index (χ0v) is 11.5. The van der Waals surface area contributed by atoms with Gasteiger partial charge in [-0.25, -0.2) is 4.39 Å². The predicted octanol–water partition coefficient (Wildman–Crippen LogP) is 3.65. The van der Waals surface area contributed by atoms with E-state index in [4.69, 9.17) is 0 Å². The van der Waals surface area contributed by atoms with E-state index in [1.807, 2.05) is 6.07 Å². The quantitative estimate of drug-likeness (QED) is 0.880. The van der Waals surface area contributed by atoms with Crippen molar-refractivity contribution in [3.05, 3.63) is 29.6 Å². The van der Waals surface area contributed by atoms with Crippen LogP contribution in [0.15, 0.2) is 18.2 Å². The Labute approximate surface area is 114 Å². The Morgan fingerprint density at radius 3 is 2.84 bits per heavy atom. The number of hydrogen-bond donors (Lipinski definition) is 1. The van der Waals surface area contributed by atoms with Crippen LogP contribution in [-0.4, -0.2) is 17.7 Å². The van der Waals surface area contributed by atoms with E-state index < -0.39 is 6.10 Å². The second kappa shape index (κ2) is 5.12. The van der Waals surface area contributed by atoms with Crippen LogP contribution in [0.3, 0.4) is 0 Å². The van der Waals surface area contributed by atoms with Crippen molar-refractivity contribution in [2.75, 3.05) is 11.4 Å². The molecule has 2 aliphatic rings. The van der Waals surface area contributed by atoms with Gasteiger partial charge in [-0.05, 0) is 44.2 Å². The highest BCUT2D eigenvalue weighted by Crippen LogP contribution is 2.41. The largest absolute Gasteiger partial charge is 0.389 e. The van der Waals surface area contributed by atoms with E-state index in [0.29, 0.717) is 11.6 Å². The molecule has 1 aliphatic heterocycles. The van der Waals surface area contributed by atoms with Crippen LogP contribution in [0.4, 0.5) is 10.1 Å². The lowest BCUT2D eigenvalue weighted by Crippen LogP contribution is -2.35. The molecule has 0 bridgehead atoms. The zero-order chi connectivity index (χ0) is 13.4. The smallest absolute Gasteiger partial charge is 0.131 e. The van der Waals surface area contributed by atoms with Crippen LogP contribution >= 0.6 is 0 Å². The summed E-state index contributed by atoms with van der Waals surface area (Å²) < 4.78 is 14.0. The van der Waals surface area contributed by atoms with E-state index >= 15 is 0 Å². The molecule has 2 fully saturated rings. The molecule has 1 aliphatic carbocycles. The molecule has 3 heteroatoms. The first-order valence-electron chi connectivity index (χ1n) is 7.41. The van der Waals surface area contributed by atoms with Crippen LogP contribution in [-0.2, 0) is 0 Å². The predicted molar refractivity (Wildman–Crippen MR) is 74.7 cm³/mol. The number of halogens is 1. The minimum atomic E-state index is -0.751. The molecular weight excluding hydrogens is 241 g/mol. The maximum Gasteiger partial charge on any atom is 0.131 e. The van der Waals surface area contributed by atoms with Gasteiger partial charge in [0.25, 0.3) is 0 Å². The fourth-order valence-electron chi connectivity index (χ4n) is 3.89. The van der Waals surface area contributed by atoms with E-state index in [1.165, 1.54) is 38.2 Å². The van der Waals surface area contributed by atoms with Crippen LogP contribution in [0.2, 0.25) is 0 Å². The maximum absolute atomic E-state index is 14.0. The summed E-state index contributed by atoms with van der Waals surface area (Å²) in [6.45, 7) is 2.65. The van der Waals surface area contributed by atoms with Crippen molar-refractivity contribution >= 4 is 5.69 Å². The molecule has 0 amide bonds. The lowest BCUT2D eigenvalue weighted by Gasteiger charge is -2.34. The SMILES string of the molecule is C[C@@H](O)c1c(F)cccc1N1CCC2CCCCC21. The normalized spacial score (nSPS) is 28.3. The van der Waals surface area contributed by atoms with E-state index in [0.717, 1.165) is 18.2 Å². The molecule has 0 spiro atoms. The van der Waals surface area contributed by atoms with Gasteiger partial charge < -0.3 is 10.0 Å². The van der Waals surface area contributed by atoms with Gasteiger partial charge in [0.15, 0.2) is 0 Å². The van der Waals surface area contributed by atoms with E-state index in [1.54, 1.807) is 13.0 Å². The number of hydrogen-bond acceptors (Lipinski definition) is 2. The highest BCUT2D eigenvalue weighted by Gasteiger charge is 2.37. The van der Waals surface area contributed by atoms with Crippen molar-refractivity contribution in [1.29, 1.82) is 0 Å². The molecule has 0 aromatic heterocycles. The standard InChI is InChI=1S/C16H22FNO/c1-11(19)16-13(17)6-4-8-15(16)18-10-9-12-5-2-3-7-14(12)18/h4,6,8,11-12,14,19H,2-3,5,7,9-10H2,1H3/t11-,12?,14?/m1/s1. The van der Waals surface area contributed by atoms with E-state index in [2.05, 4.69) is 4.90 Å². The third kappa shape index (κ3) is 2.25. The number of anilines is 1. The Balaban J connectivity index is 1.96. The van der Waals surface area contributed by atoms with Gasteiger partial charge in [-0.3, -0.25) is 0 Å². The highest BCUT2D eigenvalue weighted by molar-refractivity contribution is 5.57. The molecule has 1 N–H and O–H groups in total. The van der Waals surface area contributed by atoms with Crippen molar-refractivity contribution < 1.29 is 9.50 Å². The van der Waals surface area contributed by atoms with Crippen LogP contribution in [0.5, 0.6) is 0 Å². The molecular formula is C16H22FNO. The van der Waals surface area contributed by atoms with Gasteiger partial charge in [0.2, 0.25) is 0 Å². The highest BCUT2D eigenvalue weighted by atomic mass is 19.1. The first-order valence-corrected chi connectivity index (χ1v) is 7.41. The fraction of sp³-hybridized carbons (Fsp3) is 0.625. The van der Waals surface area contributed by atoms with Gasteiger partial charge in [-0.1, -0.05) is 18.9 Å². The number of rotatable bonds is 2. The first-order chi connectivity index (χ1) is 9.18. The molecule has 1 aromatic rings. The molecule has 1 aromatic carbocycles. The molecule has 19 heavy (non-hydrogen) atoms. The van der Waals surface area contributed by atoms with Gasteiger partial charge in [0.05, 0.1) is 6.10 Å². The Hall–Kier alpha value is -1.09. The van der Waals surface area contributed by atoms with Crippen LogP contribution in [0.1, 0.15) is 50.7 Å². The van der Waals surface area contributed by atoms with Gasteiger partial charge in [0, 0.05) is 23.8 Å². The number of benzene rings is 1. The van der Waals surface area contributed by atoms with Crippen molar-refractivity contribution in [3.8, 4) is 0 Å².